The molecule has 0 bridgehead atoms. The van der Waals surface area contributed by atoms with E-state index in [2.05, 4.69) is 10.0 Å². The molecule has 2 aromatic carbocycles. The van der Waals surface area contributed by atoms with Gasteiger partial charge in [0.1, 0.15) is 5.75 Å². The van der Waals surface area contributed by atoms with E-state index in [4.69, 9.17) is 11.6 Å². The van der Waals surface area contributed by atoms with Gasteiger partial charge in [0.05, 0.1) is 4.90 Å². The maximum absolute atomic E-state index is 11.7. The molecule has 0 unspecified atom stereocenters. The Labute approximate surface area is 128 Å². The van der Waals surface area contributed by atoms with Crippen LogP contribution in [0.5, 0.6) is 5.75 Å². The second kappa shape index (κ2) is 6.34. The molecule has 0 fully saturated rings. The lowest BCUT2D eigenvalue weighted by atomic mass is 10.2. The molecular weight excluding hydrogens is 312 g/mol. The van der Waals surface area contributed by atoms with Crippen molar-refractivity contribution in [3.05, 3.63) is 53.1 Å². The maximum Gasteiger partial charge on any atom is 0.240 e. The Morgan fingerprint density at radius 2 is 1.90 bits per heavy atom. The van der Waals surface area contributed by atoms with Crippen molar-refractivity contribution in [2.45, 2.75) is 11.4 Å². The van der Waals surface area contributed by atoms with Crippen LogP contribution in [0.4, 0.5) is 5.69 Å². The van der Waals surface area contributed by atoms with Crippen molar-refractivity contribution in [3.63, 3.8) is 0 Å². The van der Waals surface area contributed by atoms with Crippen molar-refractivity contribution in [1.82, 2.24) is 4.72 Å². The Morgan fingerprint density at radius 1 is 1.19 bits per heavy atom. The van der Waals surface area contributed by atoms with Crippen molar-refractivity contribution >= 4 is 27.3 Å². The van der Waals surface area contributed by atoms with E-state index in [0.717, 1.165) is 0 Å². The molecule has 3 N–H and O–H groups in total. The van der Waals surface area contributed by atoms with Gasteiger partial charge in [0.2, 0.25) is 10.0 Å². The van der Waals surface area contributed by atoms with Crippen molar-refractivity contribution in [2.75, 3.05) is 12.4 Å². The molecule has 0 heterocycles. The van der Waals surface area contributed by atoms with E-state index >= 15 is 0 Å². The first-order valence-electron chi connectivity index (χ1n) is 6.18. The lowest BCUT2D eigenvalue weighted by Gasteiger charge is -2.11. The molecule has 0 atom stereocenters. The summed E-state index contributed by atoms with van der Waals surface area (Å²) in [5, 5.41) is 13.2. The Balaban J connectivity index is 2.20. The van der Waals surface area contributed by atoms with Crippen molar-refractivity contribution in [2.24, 2.45) is 0 Å². The van der Waals surface area contributed by atoms with Gasteiger partial charge in [-0.25, -0.2) is 13.1 Å². The van der Waals surface area contributed by atoms with Gasteiger partial charge in [-0.2, -0.15) is 0 Å². The minimum Gasteiger partial charge on any atom is -0.508 e. The standard InChI is InChI=1S/C14H15ClN2O3S/c1-16-21(19,20)11-5-2-4-10(8-11)17-9-12-13(15)6-3-7-14(12)18/h2-8,16-18H,9H2,1H3. The summed E-state index contributed by atoms with van der Waals surface area (Å²) >= 11 is 6.02. The topological polar surface area (TPSA) is 78.4 Å². The van der Waals surface area contributed by atoms with Gasteiger partial charge in [0.25, 0.3) is 0 Å². The number of phenolic OH excluding ortho intramolecular Hbond substituents is 1. The average molecular weight is 327 g/mol. The highest BCUT2D eigenvalue weighted by atomic mass is 35.5. The van der Waals surface area contributed by atoms with Gasteiger partial charge in [-0.05, 0) is 37.4 Å². The number of halogens is 1. The number of hydrogen-bond acceptors (Lipinski definition) is 4. The van der Waals surface area contributed by atoms with Gasteiger partial charge in [-0.1, -0.05) is 23.7 Å². The fraction of sp³-hybridized carbons (Fsp3) is 0.143. The van der Waals surface area contributed by atoms with Gasteiger partial charge in [-0.3, -0.25) is 0 Å². The highest BCUT2D eigenvalue weighted by Crippen LogP contribution is 2.26. The van der Waals surface area contributed by atoms with Gasteiger partial charge in [-0.15, -0.1) is 0 Å². The van der Waals surface area contributed by atoms with Crippen LogP contribution in [0.3, 0.4) is 0 Å². The lowest BCUT2D eigenvalue weighted by molar-refractivity contribution is 0.469. The zero-order valence-electron chi connectivity index (χ0n) is 11.3. The third-order valence-corrected chi connectivity index (χ3v) is 4.74. The van der Waals surface area contributed by atoms with Crippen LogP contribution in [0.25, 0.3) is 0 Å². The van der Waals surface area contributed by atoms with E-state index in [0.29, 0.717) is 16.3 Å². The molecule has 21 heavy (non-hydrogen) atoms. The lowest BCUT2D eigenvalue weighted by Crippen LogP contribution is -2.18. The van der Waals surface area contributed by atoms with Crippen molar-refractivity contribution in [3.8, 4) is 5.75 Å². The first-order chi connectivity index (χ1) is 9.94. The Hall–Kier alpha value is -1.76. The summed E-state index contributed by atoms with van der Waals surface area (Å²) in [5.41, 5.74) is 1.17. The zero-order chi connectivity index (χ0) is 15.5. The first kappa shape index (κ1) is 15.6. The first-order valence-corrected chi connectivity index (χ1v) is 8.04. The molecule has 0 aliphatic heterocycles. The smallest absolute Gasteiger partial charge is 0.240 e. The van der Waals surface area contributed by atoms with Crippen LogP contribution >= 0.6 is 11.6 Å². The molecule has 2 aromatic rings. The summed E-state index contributed by atoms with van der Waals surface area (Å²) in [5.74, 6) is 0.0917. The monoisotopic (exact) mass is 326 g/mol. The second-order valence-corrected chi connectivity index (χ2v) is 6.62. The Morgan fingerprint density at radius 3 is 2.57 bits per heavy atom. The number of phenols is 1. The number of nitrogens with one attached hydrogen (secondary N) is 2. The molecular formula is C14H15ClN2O3S. The third-order valence-electron chi connectivity index (χ3n) is 2.98. The van der Waals surface area contributed by atoms with E-state index in [1.165, 1.54) is 19.2 Å². The molecule has 5 nitrogen and oxygen atoms in total. The number of aromatic hydroxyl groups is 1. The summed E-state index contributed by atoms with van der Waals surface area (Å²) in [6, 6.07) is 11.3. The van der Waals surface area contributed by atoms with Crippen LogP contribution < -0.4 is 10.0 Å². The van der Waals surface area contributed by atoms with Crippen LogP contribution in [-0.4, -0.2) is 20.6 Å². The average Bonchev–Trinajstić information content (AvgIpc) is 2.47. The minimum atomic E-state index is -3.49. The number of hydrogen-bond donors (Lipinski definition) is 3. The third kappa shape index (κ3) is 3.66. The van der Waals surface area contributed by atoms with E-state index in [-0.39, 0.29) is 17.2 Å². The fourth-order valence-corrected chi connectivity index (χ4v) is 2.82. The highest BCUT2D eigenvalue weighted by molar-refractivity contribution is 7.89. The molecule has 112 valence electrons. The minimum absolute atomic E-state index is 0.0917. The van der Waals surface area contributed by atoms with Gasteiger partial charge in [0.15, 0.2) is 0 Å². The van der Waals surface area contributed by atoms with E-state index in [9.17, 15) is 13.5 Å². The number of rotatable bonds is 5. The van der Waals surface area contributed by atoms with Crippen LogP contribution in [0.15, 0.2) is 47.4 Å². The molecule has 0 aromatic heterocycles. The van der Waals surface area contributed by atoms with E-state index in [1.54, 1.807) is 30.3 Å². The van der Waals surface area contributed by atoms with Crippen LogP contribution in [0.2, 0.25) is 5.02 Å². The number of anilines is 1. The largest absolute Gasteiger partial charge is 0.508 e. The van der Waals surface area contributed by atoms with E-state index in [1.807, 2.05) is 0 Å². The van der Waals surface area contributed by atoms with Gasteiger partial charge in [0, 0.05) is 22.8 Å². The van der Waals surface area contributed by atoms with E-state index < -0.39 is 10.0 Å². The summed E-state index contributed by atoms with van der Waals surface area (Å²) in [7, 11) is -2.13. The van der Waals surface area contributed by atoms with Crippen molar-refractivity contribution < 1.29 is 13.5 Å². The predicted molar refractivity (Wildman–Crippen MR) is 83.1 cm³/mol. The molecule has 0 saturated heterocycles. The maximum atomic E-state index is 11.7. The molecule has 0 saturated carbocycles. The second-order valence-electron chi connectivity index (χ2n) is 4.33. The van der Waals surface area contributed by atoms with Crippen LogP contribution in [0, 0.1) is 0 Å². The fourth-order valence-electron chi connectivity index (χ4n) is 1.80. The molecule has 0 aliphatic rings. The molecule has 7 heteroatoms. The quantitative estimate of drug-likeness (QED) is 0.789. The van der Waals surface area contributed by atoms with Gasteiger partial charge >= 0.3 is 0 Å². The Kier molecular flexibility index (Phi) is 4.72. The number of sulfonamides is 1. The molecule has 0 radical (unpaired) electrons. The van der Waals surface area contributed by atoms with Crippen molar-refractivity contribution in [1.29, 1.82) is 0 Å². The summed E-state index contributed by atoms with van der Waals surface area (Å²) in [4.78, 5) is 0.165. The number of benzene rings is 2. The van der Waals surface area contributed by atoms with Crippen LogP contribution in [0.1, 0.15) is 5.56 Å². The summed E-state index contributed by atoms with van der Waals surface area (Å²) in [6.45, 7) is 0.286. The molecule has 0 aliphatic carbocycles. The molecule has 2 rings (SSSR count). The summed E-state index contributed by atoms with van der Waals surface area (Å²) in [6.07, 6.45) is 0. The predicted octanol–water partition coefficient (Wildman–Crippen LogP) is 2.57. The van der Waals surface area contributed by atoms with Gasteiger partial charge < -0.3 is 10.4 Å². The normalized spacial score (nSPS) is 11.3. The molecule has 0 spiro atoms. The van der Waals surface area contributed by atoms with Crippen LogP contribution in [-0.2, 0) is 16.6 Å². The Bertz CT molecular complexity index is 727. The molecule has 0 amide bonds. The summed E-state index contributed by atoms with van der Waals surface area (Å²) < 4.78 is 25.7. The highest BCUT2D eigenvalue weighted by Gasteiger charge is 2.12. The zero-order valence-corrected chi connectivity index (χ0v) is 12.9. The SMILES string of the molecule is CNS(=O)(=O)c1cccc(NCc2c(O)cccc2Cl)c1.